The van der Waals surface area contributed by atoms with Crippen molar-refractivity contribution in [3.05, 3.63) is 57.0 Å². The highest BCUT2D eigenvalue weighted by atomic mass is 79.9. The predicted octanol–water partition coefficient (Wildman–Crippen LogP) is 4.42. The van der Waals surface area contributed by atoms with Crippen molar-refractivity contribution in [1.82, 2.24) is 0 Å². The third-order valence-corrected chi connectivity index (χ3v) is 4.39. The minimum Gasteiger partial charge on any atom is -0.486 e. The smallest absolute Gasteiger partial charge is 0.266 e. The summed E-state index contributed by atoms with van der Waals surface area (Å²) in [7, 11) is 0. The van der Waals surface area contributed by atoms with Gasteiger partial charge < -0.3 is 14.8 Å². The number of carbonyl (C=O) groups excluding carboxylic acids is 1. The standard InChI is InChI=1S/C18H12BrClN2O3/c19-13-3-1-2-4-15(13)22-18(23)12(10-21)7-11-8-14(20)17-16(9-11)24-5-6-25-17/h1-4,7-9H,5-6H2,(H,22,23)/b12-7+. The van der Waals surface area contributed by atoms with Gasteiger partial charge in [0.05, 0.1) is 10.7 Å². The van der Waals surface area contributed by atoms with Gasteiger partial charge in [0.15, 0.2) is 11.5 Å². The molecule has 7 heteroatoms. The van der Waals surface area contributed by atoms with Crippen LogP contribution in [-0.4, -0.2) is 19.1 Å². The summed E-state index contributed by atoms with van der Waals surface area (Å²) >= 11 is 9.53. The van der Waals surface area contributed by atoms with Gasteiger partial charge in [-0.3, -0.25) is 4.79 Å². The Morgan fingerprint density at radius 3 is 2.80 bits per heavy atom. The topological polar surface area (TPSA) is 71.3 Å². The molecular formula is C18H12BrClN2O3. The number of para-hydroxylation sites is 1. The summed E-state index contributed by atoms with van der Waals surface area (Å²) in [6.07, 6.45) is 1.45. The van der Waals surface area contributed by atoms with Crippen LogP contribution in [0.5, 0.6) is 11.5 Å². The lowest BCUT2D eigenvalue weighted by atomic mass is 10.1. The fraction of sp³-hybridized carbons (Fsp3) is 0.111. The number of rotatable bonds is 3. The monoisotopic (exact) mass is 418 g/mol. The molecule has 3 rings (SSSR count). The molecule has 0 aliphatic carbocycles. The van der Waals surface area contributed by atoms with Crippen LogP contribution in [0.1, 0.15) is 5.56 Å². The zero-order chi connectivity index (χ0) is 17.8. The first-order chi connectivity index (χ1) is 12.1. The Bertz CT molecular complexity index is 906. The van der Waals surface area contributed by atoms with Gasteiger partial charge in [0.25, 0.3) is 5.91 Å². The maximum Gasteiger partial charge on any atom is 0.266 e. The van der Waals surface area contributed by atoms with Crippen molar-refractivity contribution in [2.75, 3.05) is 18.5 Å². The summed E-state index contributed by atoms with van der Waals surface area (Å²) in [5.74, 6) is 0.454. The second kappa shape index (κ2) is 7.60. The van der Waals surface area contributed by atoms with Gasteiger partial charge >= 0.3 is 0 Å². The Morgan fingerprint density at radius 1 is 1.28 bits per heavy atom. The molecule has 0 spiro atoms. The summed E-state index contributed by atoms with van der Waals surface area (Å²) in [5, 5.41) is 12.4. The van der Waals surface area contributed by atoms with E-state index in [4.69, 9.17) is 21.1 Å². The Balaban J connectivity index is 1.88. The fourth-order valence-electron chi connectivity index (χ4n) is 2.28. The van der Waals surface area contributed by atoms with Crippen LogP contribution < -0.4 is 14.8 Å². The molecule has 1 aliphatic heterocycles. The van der Waals surface area contributed by atoms with Crippen LogP contribution in [0, 0.1) is 11.3 Å². The molecule has 0 unspecified atom stereocenters. The minimum atomic E-state index is -0.514. The number of hydrogen-bond donors (Lipinski definition) is 1. The van der Waals surface area contributed by atoms with E-state index in [-0.39, 0.29) is 5.57 Å². The van der Waals surface area contributed by atoms with Gasteiger partial charge in [-0.25, -0.2) is 0 Å². The highest BCUT2D eigenvalue weighted by Gasteiger charge is 2.17. The quantitative estimate of drug-likeness (QED) is 0.590. The number of amides is 1. The number of anilines is 1. The number of nitrogens with one attached hydrogen (secondary N) is 1. The van der Waals surface area contributed by atoms with Crippen LogP contribution in [0.2, 0.25) is 5.02 Å². The molecule has 1 heterocycles. The van der Waals surface area contributed by atoms with E-state index in [0.717, 1.165) is 4.47 Å². The zero-order valence-corrected chi connectivity index (χ0v) is 15.2. The average Bonchev–Trinajstić information content (AvgIpc) is 2.61. The molecule has 0 saturated carbocycles. The van der Waals surface area contributed by atoms with Crippen molar-refractivity contribution in [2.45, 2.75) is 0 Å². The molecule has 2 aromatic carbocycles. The second-order valence-electron chi connectivity index (χ2n) is 5.13. The van der Waals surface area contributed by atoms with Gasteiger partial charge in [0.1, 0.15) is 24.9 Å². The number of hydrogen-bond acceptors (Lipinski definition) is 4. The largest absolute Gasteiger partial charge is 0.486 e. The van der Waals surface area contributed by atoms with E-state index in [0.29, 0.717) is 41.0 Å². The first-order valence-corrected chi connectivity index (χ1v) is 8.52. The van der Waals surface area contributed by atoms with Crippen LogP contribution in [0.15, 0.2) is 46.4 Å². The van der Waals surface area contributed by atoms with Crippen molar-refractivity contribution in [2.24, 2.45) is 0 Å². The Kier molecular flexibility index (Phi) is 5.27. The van der Waals surface area contributed by atoms with E-state index >= 15 is 0 Å². The number of nitrogens with zero attached hydrogens (tertiary/aromatic N) is 1. The first-order valence-electron chi connectivity index (χ1n) is 7.35. The number of benzene rings is 2. The highest BCUT2D eigenvalue weighted by Crippen LogP contribution is 2.38. The van der Waals surface area contributed by atoms with E-state index in [1.807, 2.05) is 12.1 Å². The molecule has 0 bridgehead atoms. The molecule has 1 N–H and O–H groups in total. The summed E-state index contributed by atoms with van der Waals surface area (Å²) < 4.78 is 11.7. The van der Waals surface area contributed by atoms with Crippen LogP contribution >= 0.6 is 27.5 Å². The summed E-state index contributed by atoms with van der Waals surface area (Å²) in [5.41, 5.74) is 1.10. The number of carbonyl (C=O) groups is 1. The summed E-state index contributed by atoms with van der Waals surface area (Å²) in [6, 6.07) is 12.4. The summed E-state index contributed by atoms with van der Waals surface area (Å²) in [6.45, 7) is 0.851. The third kappa shape index (κ3) is 3.95. The number of halogens is 2. The normalized spacial score (nSPS) is 13.1. The number of ether oxygens (including phenoxy) is 2. The maximum atomic E-state index is 12.4. The van der Waals surface area contributed by atoms with Crippen molar-refractivity contribution >= 4 is 45.2 Å². The molecule has 1 amide bonds. The lowest BCUT2D eigenvalue weighted by Crippen LogP contribution is -2.16. The molecule has 2 aromatic rings. The lowest BCUT2D eigenvalue weighted by molar-refractivity contribution is -0.112. The van der Waals surface area contributed by atoms with Crippen molar-refractivity contribution < 1.29 is 14.3 Å². The van der Waals surface area contributed by atoms with Gasteiger partial charge in [-0.05, 0) is 51.8 Å². The summed E-state index contributed by atoms with van der Waals surface area (Å²) in [4.78, 5) is 12.4. The van der Waals surface area contributed by atoms with Gasteiger partial charge in [0, 0.05) is 4.47 Å². The number of nitriles is 1. The van der Waals surface area contributed by atoms with Gasteiger partial charge in [0.2, 0.25) is 0 Å². The highest BCUT2D eigenvalue weighted by molar-refractivity contribution is 9.10. The van der Waals surface area contributed by atoms with E-state index in [1.165, 1.54) is 6.08 Å². The minimum absolute atomic E-state index is 0.0523. The molecule has 25 heavy (non-hydrogen) atoms. The second-order valence-corrected chi connectivity index (χ2v) is 6.39. The molecule has 0 radical (unpaired) electrons. The molecule has 5 nitrogen and oxygen atoms in total. The van der Waals surface area contributed by atoms with Gasteiger partial charge in [-0.2, -0.15) is 5.26 Å². The zero-order valence-electron chi connectivity index (χ0n) is 12.9. The molecule has 0 fully saturated rings. The molecule has 0 aromatic heterocycles. The Morgan fingerprint density at radius 2 is 2.04 bits per heavy atom. The number of fused-ring (bicyclic) bond motifs is 1. The first kappa shape index (κ1) is 17.3. The van der Waals surface area contributed by atoms with E-state index in [2.05, 4.69) is 21.2 Å². The van der Waals surface area contributed by atoms with Crippen LogP contribution in [0.3, 0.4) is 0 Å². The fourth-order valence-corrected chi connectivity index (χ4v) is 2.94. The van der Waals surface area contributed by atoms with Gasteiger partial charge in [-0.15, -0.1) is 0 Å². The van der Waals surface area contributed by atoms with Crippen molar-refractivity contribution in [3.8, 4) is 17.6 Å². The van der Waals surface area contributed by atoms with E-state index in [9.17, 15) is 10.1 Å². The molecular weight excluding hydrogens is 408 g/mol. The third-order valence-electron chi connectivity index (χ3n) is 3.42. The van der Waals surface area contributed by atoms with Crippen LogP contribution in [0.4, 0.5) is 5.69 Å². The Labute approximate surface area is 157 Å². The molecule has 126 valence electrons. The van der Waals surface area contributed by atoms with E-state index < -0.39 is 5.91 Å². The SMILES string of the molecule is N#C/C(=C\c1cc(Cl)c2c(c1)OCCO2)C(=O)Nc1ccccc1Br. The van der Waals surface area contributed by atoms with E-state index in [1.54, 1.807) is 30.3 Å². The van der Waals surface area contributed by atoms with Crippen molar-refractivity contribution in [1.29, 1.82) is 5.26 Å². The van der Waals surface area contributed by atoms with Crippen molar-refractivity contribution in [3.63, 3.8) is 0 Å². The molecule has 1 aliphatic rings. The van der Waals surface area contributed by atoms with Crippen LogP contribution in [-0.2, 0) is 4.79 Å². The predicted molar refractivity (Wildman–Crippen MR) is 98.8 cm³/mol. The Hall–Kier alpha value is -2.49. The lowest BCUT2D eigenvalue weighted by Gasteiger charge is -2.19. The average molecular weight is 420 g/mol. The maximum absolute atomic E-state index is 12.4. The van der Waals surface area contributed by atoms with Gasteiger partial charge in [-0.1, -0.05) is 23.7 Å². The van der Waals surface area contributed by atoms with Crippen LogP contribution in [0.25, 0.3) is 6.08 Å². The molecule has 0 saturated heterocycles. The molecule has 0 atom stereocenters.